The normalized spacial score (nSPS) is 11.8. The molecule has 8 nitrogen and oxygen atoms in total. The van der Waals surface area contributed by atoms with Gasteiger partial charge in [-0.25, -0.2) is 22.9 Å². The number of halogens is 1. The molecule has 4 aromatic rings. The number of aryl methyl sites for hydroxylation is 1. The summed E-state index contributed by atoms with van der Waals surface area (Å²) in [4.78, 5) is 4.71. The maximum Gasteiger partial charge on any atom is 0.238 e. The Morgan fingerprint density at radius 2 is 1.97 bits per heavy atom. The average molecular weight is 493 g/mol. The number of sulfonamides is 1. The van der Waals surface area contributed by atoms with Gasteiger partial charge in [0.05, 0.1) is 21.7 Å². The van der Waals surface area contributed by atoms with Gasteiger partial charge in [0.25, 0.3) is 0 Å². The third kappa shape index (κ3) is 5.26. The van der Waals surface area contributed by atoms with E-state index in [1.54, 1.807) is 18.2 Å². The molecule has 0 aliphatic carbocycles. The Balaban J connectivity index is 1.53. The lowest BCUT2D eigenvalue weighted by Gasteiger charge is -2.08. The lowest BCUT2D eigenvalue weighted by Crippen LogP contribution is -2.11. The number of nitrogens with one attached hydrogen (secondary N) is 1. The zero-order valence-electron chi connectivity index (χ0n) is 17.2. The summed E-state index contributed by atoms with van der Waals surface area (Å²) in [6, 6.07) is 10.8. The summed E-state index contributed by atoms with van der Waals surface area (Å²) in [5.74, 6) is 1.08. The van der Waals surface area contributed by atoms with Crippen LogP contribution in [0.2, 0.25) is 0 Å². The van der Waals surface area contributed by atoms with Crippen molar-refractivity contribution in [2.45, 2.75) is 41.3 Å². The van der Waals surface area contributed by atoms with Gasteiger partial charge in [-0.3, -0.25) is 0 Å². The molecule has 0 fully saturated rings. The van der Waals surface area contributed by atoms with Gasteiger partial charge in [-0.05, 0) is 48.9 Å². The van der Waals surface area contributed by atoms with Crippen molar-refractivity contribution in [1.29, 1.82) is 0 Å². The fourth-order valence-corrected chi connectivity index (χ4v) is 5.37. The highest BCUT2D eigenvalue weighted by molar-refractivity contribution is 8.00. The van der Waals surface area contributed by atoms with Crippen LogP contribution >= 0.6 is 23.1 Å². The number of thioether (sulfide) groups is 1. The first-order valence-corrected chi connectivity index (χ1v) is 13.2. The monoisotopic (exact) mass is 492 g/mol. The first-order valence-electron chi connectivity index (χ1n) is 9.84. The average Bonchev–Trinajstić information content (AvgIpc) is 3.35. The van der Waals surface area contributed by atoms with Crippen LogP contribution in [0.15, 0.2) is 51.7 Å². The molecule has 0 aliphatic rings. The lowest BCUT2D eigenvalue weighted by molar-refractivity contribution is 0.598. The van der Waals surface area contributed by atoms with Gasteiger partial charge < -0.3 is 9.88 Å². The number of rotatable bonds is 9. The fraction of sp³-hybridized carbons (Fsp3) is 0.250. The number of primary sulfonamides is 1. The van der Waals surface area contributed by atoms with Crippen molar-refractivity contribution in [2.24, 2.45) is 5.14 Å². The number of anilines is 2. The molecule has 168 valence electrons. The third-order valence-electron chi connectivity index (χ3n) is 4.69. The molecule has 0 spiro atoms. The largest absolute Gasteiger partial charge is 0.330 e. The Bertz CT molecular complexity index is 1340. The molecule has 0 unspecified atom stereocenters. The first kappa shape index (κ1) is 22.6. The van der Waals surface area contributed by atoms with E-state index in [1.807, 2.05) is 0 Å². The van der Waals surface area contributed by atoms with E-state index in [2.05, 4.69) is 32.0 Å². The van der Waals surface area contributed by atoms with Crippen molar-refractivity contribution < 1.29 is 12.8 Å². The van der Waals surface area contributed by atoms with Crippen LogP contribution in [-0.2, 0) is 22.3 Å². The number of hydrogen-bond donors (Lipinski definition) is 2. The Morgan fingerprint density at radius 3 is 2.69 bits per heavy atom. The second-order valence-corrected chi connectivity index (χ2v) is 10.8. The standard InChI is InChI=1S/C20H21FN6O2S3/c1-2-3-10-27-17-9-8-15(32(22,28)29)11-16(17)24-18(27)12-30-20-26-25-19(31-20)23-14-6-4-13(21)5-7-14/h4-9,11H,2-3,10,12H2,1H3,(H,23,25)(H2,22,28,29). The predicted molar refractivity (Wildman–Crippen MR) is 125 cm³/mol. The van der Waals surface area contributed by atoms with E-state index in [-0.39, 0.29) is 10.7 Å². The van der Waals surface area contributed by atoms with E-state index in [0.29, 0.717) is 16.4 Å². The zero-order valence-corrected chi connectivity index (χ0v) is 19.6. The van der Waals surface area contributed by atoms with E-state index in [9.17, 15) is 12.8 Å². The van der Waals surface area contributed by atoms with Crippen molar-refractivity contribution >= 4 is 55.0 Å². The van der Waals surface area contributed by atoms with Crippen LogP contribution in [0, 0.1) is 5.82 Å². The van der Waals surface area contributed by atoms with Gasteiger partial charge in [0.1, 0.15) is 11.6 Å². The topological polar surface area (TPSA) is 116 Å². The minimum absolute atomic E-state index is 0.0463. The van der Waals surface area contributed by atoms with Crippen molar-refractivity contribution in [2.75, 3.05) is 5.32 Å². The van der Waals surface area contributed by atoms with E-state index in [0.717, 1.165) is 40.8 Å². The number of aromatic nitrogens is 4. The molecule has 0 radical (unpaired) electrons. The molecule has 0 saturated carbocycles. The van der Waals surface area contributed by atoms with Crippen molar-refractivity contribution in [3.63, 3.8) is 0 Å². The Hall–Kier alpha value is -2.54. The number of fused-ring (bicyclic) bond motifs is 1. The highest BCUT2D eigenvalue weighted by Crippen LogP contribution is 2.31. The number of nitrogens with two attached hydrogens (primary N) is 1. The van der Waals surface area contributed by atoms with Crippen LogP contribution in [0.5, 0.6) is 0 Å². The summed E-state index contributed by atoms with van der Waals surface area (Å²) in [6.07, 6.45) is 2.00. The van der Waals surface area contributed by atoms with Crippen LogP contribution in [0.3, 0.4) is 0 Å². The lowest BCUT2D eigenvalue weighted by atomic mass is 10.3. The quantitative estimate of drug-likeness (QED) is 0.330. The van der Waals surface area contributed by atoms with Crippen LogP contribution in [0.4, 0.5) is 15.2 Å². The second-order valence-electron chi connectivity index (χ2n) is 7.02. The molecule has 2 aromatic heterocycles. The van der Waals surface area contributed by atoms with Gasteiger partial charge >= 0.3 is 0 Å². The third-order valence-corrected chi connectivity index (χ3v) is 7.57. The van der Waals surface area contributed by atoms with E-state index in [1.165, 1.54) is 47.4 Å². The Labute approximate surface area is 193 Å². The number of hydrogen-bond acceptors (Lipinski definition) is 8. The zero-order chi connectivity index (χ0) is 22.7. The van der Waals surface area contributed by atoms with Gasteiger partial charge in [-0.2, -0.15) is 0 Å². The summed E-state index contributed by atoms with van der Waals surface area (Å²) in [7, 11) is -3.79. The fourth-order valence-electron chi connectivity index (χ4n) is 3.11. The van der Waals surface area contributed by atoms with Crippen LogP contribution in [0.25, 0.3) is 11.0 Å². The molecule has 0 bridgehead atoms. The highest BCUT2D eigenvalue weighted by Gasteiger charge is 2.16. The molecular weight excluding hydrogens is 471 g/mol. The highest BCUT2D eigenvalue weighted by atomic mass is 32.2. The SMILES string of the molecule is CCCCn1c(CSc2nnc(Nc3ccc(F)cc3)s2)nc2cc(S(N)(=O)=O)ccc21. The summed E-state index contributed by atoms with van der Waals surface area (Å²) >= 11 is 2.89. The van der Waals surface area contributed by atoms with Crippen LogP contribution in [0.1, 0.15) is 25.6 Å². The van der Waals surface area contributed by atoms with Gasteiger partial charge in [0.2, 0.25) is 15.2 Å². The van der Waals surface area contributed by atoms with E-state index < -0.39 is 10.0 Å². The molecule has 0 aliphatic heterocycles. The molecule has 0 saturated heterocycles. The summed E-state index contributed by atoms with van der Waals surface area (Å²) in [5, 5.41) is 17.3. The molecule has 0 atom stereocenters. The maximum atomic E-state index is 13.1. The smallest absolute Gasteiger partial charge is 0.238 e. The number of imidazole rings is 1. The number of benzene rings is 2. The second kappa shape index (κ2) is 9.53. The van der Waals surface area contributed by atoms with Crippen molar-refractivity contribution in [1.82, 2.24) is 19.7 Å². The molecule has 4 rings (SSSR count). The van der Waals surface area contributed by atoms with Crippen LogP contribution in [-0.4, -0.2) is 28.2 Å². The summed E-state index contributed by atoms with van der Waals surface area (Å²) in [5.41, 5.74) is 2.20. The maximum absolute atomic E-state index is 13.1. The van der Waals surface area contributed by atoms with E-state index in [4.69, 9.17) is 5.14 Å². The minimum Gasteiger partial charge on any atom is -0.330 e. The molecule has 12 heteroatoms. The van der Waals surface area contributed by atoms with Crippen molar-refractivity contribution in [3.8, 4) is 0 Å². The number of unbranched alkanes of at least 4 members (excludes halogenated alkanes) is 1. The van der Waals surface area contributed by atoms with E-state index >= 15 is 0 Å². The predicted octanol–water partition coefficient (Wildman–Crippen LogP) is 4.51. The summed E-state index contributed by atoms with van der Waals surface area (Å²) in [6.45, 7) is 2.90. The molecular formula is C20H21FN6O2S3. The van der Waals surface area contributed by atoms with Crippen LogP contribution < -0.4 is 10.5 Å². The van der Waals surface area contributed by atoms with Gasteiger partial charge in [0, 0.05) is 12.2 Å². The molecule has 0 amide bonds. The molecule has 3 N–H and O–H groups in total. The summed E-state index contributed by atoms with van der Waals surface area (Å²) < 4.78 is 39.3. The Morgan fingerprint density at radius 1 is 1.19 bits per heavy atom. The molecule has 2 aromatic carbocycles. The van der Waals surface area contributed by atoms with Gasteiger partial charge in [-0.1, -0.05) is 36.4 Å². The molecule has 32 heavy (non-hydrogen) atoms. The van der Waals surface area contributed by atoms with Crippen molar-refractivity contribution in [3.05, 3.63) is 54.1 Å². The van der Waals surface area contributed by atoms with Gasteiger partial charge in [-0.15, -0.1) is 10.2 Å². The first-order chi connectivity index (χ1) is 15.3. The van der Waals surface area contributed by atoms with Gasteiger partial charge in [0.15, 0.2) is 4.34 Å². The number of nitrogens with zero attached hydrogens (tertiary/aromatic N) is 4. The Kier molecular flexibility index (Phi) is 6.74. The molecule has 2 heterocycles. The minimum atomic E-state index is -3.79.